The van der Waals surface area contributed by atoms with E-state index in [9.17, 15) is 18.4 Å². The van der Waals surface area contributed by atoms with Crippen molar-refractivity contribution in [2.75, 3.05) is 0 Å². The number of benzene rings is 2. The van der Waals surface area contributed by atoms with Gasteiger partial charge in [0, 0.05) is 16.7 Å². The van der Waals surface area contributed by atoms with E-state index in [1.807, 2.05) is 0 Å². The number of carbonyl (C=O) groups excluding carboxylic acids is 2. The second-order valence-electron chi connectivity index (χ2n) is 5.00. The Morgan fingerprint density at radius 2 is 1.79 bits per heavy atom. The molecule has 0 aliphatic rings. The van der Waals surface area contributed by atoms with Gasteiger partial charge in [0.25, 0.3) is 6.47 Å². The van der Waals surface area contributed by atoms with Crippen molar-refractivity contribution < 1.29 is 27.8 Å². The summed E-state index contributed by atoms with van der Waals surface area (Å²) in [6, 6.07) is 8.65. The lowest BCUT2D eigenvalue weighted by atomic mass is 10.0. The Morgan fingerprint density at radius 1 is 1.12 bits per heavy atom. The number of hydrogen-bond acceptors (Lipinski definition) is 4. The van der Waals surface area contributed by atoms with Gasteiger partial charge in [-0.05, 0) is 24.6 Å². The molecule has 124 valence electrons. The van der Waals surface area contributed by atoms with Crippen LogP contribution in [-0.2, 0) is 20.9 Å². The minimum atomic E-state index is -1.09. The van der Waals surface area contributed by atoms with Crippen LogP contribution < -0.4 is 4.74 Å². The van der Waals surface area contributed by atoms with Gasteiger partial charge in [-0.1, -0.05) is 30.8 Å². The van der Waals surface area contributed by atoms with Gasteiger partial charge >= 0.3 is 5.97 Å². The van der Waals surface area contributed by atoms with Gasteiger partial charge in [0.05, 0.1) is 0 Å². The molecule has 0 heterocycles. The second-order valence-corrected chi connectivity index (χ2v) is 5.00. The lowest BCUT2D eigenvalue weighted by molar-refractivity contribution is -0.140. The molecule has 4 nitrogen and oxygen atoms in total. The van der Waals surface area contributed by atoms with Crippen molar-refractivity contribution in [3.8, 4) is 16.9 Å². The Kier molecular flexibility index (Phi) is 5.42. The minimum Gasteiger partial charge on any atom is -0.457 e. The van der Waals surface area contributed by atoms with E-state index in [-0.39, 0.29) is 35.5 Å². The van der Waals surface area contributed by atoms with Crippen LogP contribution in [0.25, 0.3) is 11.1 Å². The quantitative estimate of drug-likeness (QED) is 0.459. The zero-order chi connectivity index (χ0) is 17.7. The first-order valence-corrected chi connectivity index (χ1v) is 6.94. The van der Waals surface area contributed by atoms with E-state index < -0.39 is 17.6 Å². The van der Waals surface area contributed by atoms with Crippen molar-refractivity contribution in [1.29, 1.82) is 0 Å². The Morgan fingerprint density at radius 3 is 2.38 bits per heavy atom. The third-order valence-electron chi connectivity index (χ3n) is 3.22. The summed E-state index contributed by atoms with van der Waals surface area (Å²) in [5, 5.41) is 0. The first-order chi connectivity index (χ1) is 11.4. The summed E-state index contributed by atoms with van der Waals surface area (Å²) in [4.78, 5) is 21.6. The number of halogens is 2. The van der Waals surface area contributed by atoms with Crippen molar-refractivity contribution >= 4 is 12.4 Å². The molecule has 0 saturated carbocycles. The highest BCUT2D eigenvalue weighted by Crippen LogP contribution is 2.28. The molecule has 0 aliphatic carbocycles. The smallest absolute Gasteiger partial charge is 0.333 e. The molecule has 0 aliphatic heterocycles. The van der Waals surface area contributed by atoms with Gasteiger partial charge in [-0.2, -0.15) is 0 Å². The number of ether oxygens (including phenoxy) is 2. The van der Waals surface area contributed by atoms with E-state index in [0.29, 0.717) is 5.56 Å². The van der Waals surface area contributed by atoms with Crippen LogP contribution in [0.2, 0.25) is 0 Å². The number of hydrogen-bond donors (Lipinski definition) is 0. The van der Waals surface area contributed by atoms with Gasteiger partial charge in [0.2, 0.25) is 0 Å². The minimum absolute atomic E-state index is 0.0418. The Labute approximate surface area is 137 Å². The van der Waals surface area contributed by atoms with E-state index in [0.717, 1.165) is 0 Å². The molecule has 0 atom stereocenters. The molecule has 6 heteroatoms. The standard InChI is InChI=1S/C18H14F2O4/c1-11(2)18(22)23-9-13-5-8-15(17(20)16(13)19)12-3-6-14(7-4-12)24-10-21/h3-8,10H,1,9H2,2H3. The third-order valence-corrected chi connectivity index (χ3v) is 3.22. The zero-order valence-electron chi connectivity index (χ0n) is 12.8. The Bertz CT molecular complexity index is 782. The number of rotatable bonds is 6. The molecule has 0 saturated heterocycles. The largest absolute Gasteiger partial charge is 0.457 e. The van der Waals surface area contributed by atoms with Crippen molar-refractivity contribution in [2.45, 2.75) is 13.5 Å². The lowest BCUT2D eigenvalue weighted by Crippen LogP contribution is -2.07. The monoisotopic (exact) mass is 332 g/mol. The van der Waals surface area contributed by atoms with Crippen molar-refractivity contribution in [3.63, 3.8) is 0 Å². The van der Waals surface area contributed by atoms with Crippen LogP contribution in [0.1, 0.15) is 12.5 Å². The molecule has 0 aromatic heterocycles. The highest BCUT2D eigenvalue weighted by molar-refractivity contribution is 5.86. The first-order valence-electron chi connectivity index (χ1n) is 6.94. The molecular formula is C18H14F2O4. The van der Waals surface area contributed by atoms with Gasteiger partial charge in [0.1, 0.15) is 12.4 Å². The van der Waals surface area contributed by atoms with Gasteiger partial charge in [-0.25, -0.2) is 13.6 Å². The van der Waals surface area contributed by atoms with Crippen LogP contribution in [0.3, 0.4) is 0 Å². The first kappa shape index (κ1) is 17.3. The van der Waals surface area contributed by atoms with E-state index in [4.69, 9.17) is 4.74 Å². The molecule has 24 heavy (non-hydrogen) atoms. The van der Waals surface area contributed by atoms with Crippen LogP contribution in [0.5, 0.6) is 5.75 Å². The maximum atomic E-state index is 14.3. The molecular weight excluding hydrogens is 318 g/mol. The molecule has 0 bridgehead atoms. The van der Waals surface area contributed by atoms with E-state index in [1.54, 1.807) is 0 Å². The van der Waals surface area contributed by atoms with Gasteiger partial charge in [-0.15, -0.1) is 0 Å². The SMILES string of the molecule is C=C(C)C(=O)OCc1ccc(-c2ccc(OC=O)cc2)c(F)c1F. The summed E-state index contributed by atoms with van der Waals surface area (Å²) >= 11 is 0. The van der Waals surface area contributed by atoms with Crippen LogP contribution in [0, 0.1) is 11.6 Å². The fourth-order valence-electron chi connectivity index (χ4n) is 1.96. The molecule has 2 rings (SSSR count). The van der Waals surface area contributed by atoms with Gasteiger partial charge in [0.15, 0.2) is 11.6 Å². The Hall–Kier alpha value is -3.02. The average molecular weight is 332 g/mol. The Balaban J connectivity index is 2.24. The van der Waals surface area contributed by atoms with Gasteiger partial charge < -0.3 is 9.47 Å². The topological polar surface area (TPSA) is 52.6 Å². The van der Waals surface area contributed by atoms with Gasteiger partial charge in [-0.3, -0.25) is 4.79 Å². The fraction of sp³-hybridized carbons (Fsp3) is 0.111. The average Bonchev–Trinajstić information content (AvgIpc) is 2.57. The van der Waals surface area contributed by atoms with E-state index >= 15 is 0 Å². The summed E-state index contributed by atoms with van der Waals surface area (Å²) in [5.74, 6) is -2.53. The molecule has 0 radical (unpaired) electrons. The van der Waals surface area contributed by atoms with Crippen LogP contribution in [0.15, 0.2) is 48.6 Å². The number of carbonyl (C=O) groups is 2. The maximum absolute atomic E-state index is 14.3. The molecule has 2 aromatic rings. The normalized spacial score (nSPS) is 10.1. The molecule has 0 unspecified atom stereocenters. The van der Waals surface area contributed by atoms with Crippen LogP contribution >= 0.6 is 0 Å². The summed E-state index contributed by atoms with van der Waals surface area (Å²) in [5.41, 5.74) is 0.548. The molecule has 0 spiro atoms. The molecule has 0 N–H and O–H groups in total. The zero-order valence-corrected chi connectivity index (χ0v) is 12.8. The summed E-state index contributed by atoms with van der Waals surface area (Å²) in [7, 11) is 0. The predicted molar refractivity (Wildman–Crippen MR) is 83.1 cm³/mol. The van der Waals surface area contributed by atoms with Crippen LogP contribution in [-0.4, -0.2) is 12.4 Å². The highest BCUT2D eigenvalue weighted by atomic mass is 19.2. The lowest BCUT2D eigenvalue weighted by Gasteiger charge is -2.10. The van der Waals surface area contributed by atoms with Crippen molar-refractivity contribution in [1.82, 2.24) is 0 Å². The van der Waals surface area contributed by atoms with E-state index in [2.05, 4.69) is 11.3 Å². The molecule has 2 aromatic carbocycles. The van der Waals surface area contributed by atoms with E-state index in [1.165, 1.54) is 43.3 Å². The maximum Gasteiger partial charge on any atom is 0.333 e. The summed E-state index contributed by atoms with van der Waals surface area (Å²) in [6.45, 7) is 4.75. The van der Waals surface area contributed by atoms with Crippen molar-refractivity contribution in [3.05, 3.63) is 65.7 Å². The molecule has 0 fully saturated rings. The second kappa shape index (κ2) is 7.50. The molecule has 0 amide bonds. The fourth-order valence-corrected chi connectivity index (χ4v) is 1.96. The summed E-state index contributed by atoms with van der Waals surface area (Å²) < 4.78 is 37.9. The van der Waals surface area contributed by atoms with Crippen molar-refractivity contribution in [2.24, 2.45) is 0 Å². The number of esters is 1. The predicted octanol–water partition coefficient (Wildman–Crippen LogP) is 3.79. The highest BCUT2D eigenvalue weighted by Gasteiger charge is 2.16. The summed E-state index contributed by atoms with van der Waals surface area (Å²) in [6.07, 6.45) is 0. The third kappa shape index (κ3) is 3.84. The van der Waals surface area contributed by atoms with Crippen LogP contribution in [0.4, 0.5) is 8.78 Å².